The van der Waals surface area contributed by atoms with Crippen LogP contribution in [0.3, 0.4) is 0 Å². The molecule has 5 rings (SSSR count). The van der Waals surface area contributed by atoms with Gasteiger partial charge >= 0.3 is 16.5 Å². The average molecular weight is 574 g/mol. The molecule has 2 aromatic heterocycles. The first-order valence-corrected chi connectivity index (χ1v) is 12.6. The Kier molecular flexibility index (Phi) is 6.41. The fourth-order valence-corrected chi connectivity index (χ4v) is 5.04. The van der Waals surface area contributed by atoms with E-state index >= 15 is 0 Å². The molecule has 0 aliphatic carbocycles. The van der Waals surface area contributed by atoms with Crippen molar-refractivity contribution in [2.45, 2.75) is 50.4 Å². The maximum absolute atomic E-state index is 12.8. The number of carbonyl (C=O) groups is 1. The van der Waals surface area contributed by atoms with Gasteiger partial charge in [-0.3, -0.25) is 13.5 Å². The fourth-order valence-electron chi connectivity index (χ4n) is 4.33. The van der Waals surface area contributed by atoms with E-state index in [-0.39, 0.29) is 5.82 Å². The summed E-state index contributed by atoms with van der Waals surface area (Å²) in [7, 11) is -4.81. The summed E-state index contributed by atoms with van der Waals surface area (Å²) < 4.78 is 89.1. The van der Waals surface area contributed by atoms with Crippen molar-refractivity contribution in [2.75, 3.05) is 12.3 Å². The minimum Gasteiger partial charge on any atom is -0.507 e. The Morgan fingerprint density at radius 1 is 1.23 bits per heavy atom. The van der Waals surface area contributed by atoms with E-state index in [1.165, 1.54) is 21.9 Å². The Morgan fingerprint density at radius 2 is 1.95 bits per heavy atom. The molecule has 0 radical (unpaired) electrons. The molecule has 2 aliphatic rings. The number of hydrogen-bond acceptors (Lipinski definition) is 12. The Balaban J connectivity index is 1.31. The minimum atomic E-state index is -4.81. The number of fused-ring (bicyclic) bond motifs is 2. The molecule has 0 spiro atoms. The predicted octanol–water partition coefficient (Wildman–Crippen LogP) is 1.24. The summed E-state index contributed by atoms with van der Waals surface area (Å²) in [5.41, 5.74) is 4.56. The molecule has 2 fully saturated rings. The number of amides is 1. The third-order valence-corrected chi connectivity index (χ3v) is 6.84. The van der Waals surface area contributed by atoms with Gasteiger partial charge in [0.1, 0.15) is 35.9 Å². The summed E-state index contributed by atoms with van der Waals surface area (Å²) in [4.78, 5) is 24.6. The normalized spacial score (nSPS) is 24.6. The second-order valence-electron chi connectivity index (χ2n) is 9.11. The number of phenolic OH excluding ortho intramolecular Hbond substituents is 1. The third kappa shape index (κ3) is 5.20. The molecule has 2 aliphatic heterocycles. The van der Waals surface area contributed by atoms with Gasteiger partial charge in [0.25, 0.3) is 5.91 Å². The van der Waals surface area contributed by atoms with Crippen LogP contribution in [0.4, 0.5) is 19.0 Å². The Bertz CT molecular complexity index is 1550. The van der Waals surface area contributed by atoms with Crippen molar-refractivity contribution in [3.05, 3.63) is 42.0 Å². The van der Waals surface area contributed by atoms with Gasteiger partial charge in [-0.1, -0.05) is 0 Å². The quantitative estimate of drug-likeness (QED) is 0.382. The van der Waals surface area contributed by atoms with Crippen molar-refractivity contribution in [3.63, 3.8) is 0 Å². The van der Waals surface area contributed by atoms with Crippen LogP contribution in [-0.4, -0.2) is 69.7 Å². The van der Waals surface area contributed by atoms with E-state index in [0.717, 1.165) is 0 Å². The number of ether oxygens (including phenoxy) is 3. The average Bonchev–Trinajstić information content (AvgIpc) is 3.48. The van der Waals surface area contributed by atoms with Gasteiger partial charge in [-0.15, -0.1) is 0 Å². The number of anilines is 1. The lowest BCUT2D eigenvalue weighted by atomic mass is 10.1. The number of carbonyl (C=O) groups excluding carboxylic acids is 1. The molecule has 14 nitrogen and oxygen atoms in total. The van der Waals surface area contributed by atoms with Gasteiger partial charge in [-0.2, -0.15) is 21.6 Å². The van der Waals surface area contributed by atoms with Gasteiger partial charge in [0.05, 0.1) is 24.1 Å². The molecule has 4 heterocycles. The second-order valence-corrected chi connectivity index (χ2v) is 10.5. The van der Waals surface area contributed by atoms with Crippen LogP contribution in [0.25, 0.3) is 11.2 Å². The van der Waals surface area contributed by atoms with Crippen LogP contribution < -0.4 is 10.5 Å². The Labute approximate surface area is 218 Å². The van der Waals surface area contributed by atoms with Gasteiger partial charge in [-0.05, 0) is 32.0 Å². The molecular formula is C21H21F3N6O8S. The second kappa shape index (κ2) is 9.26. The number of nitrogen functional groups attached to an aromatic ring is 1. The molecule has 4 atom stereocenters. The van der Waals surface area contributed by atoms with E-state index in [1.807, 2.05) is 0 Å². The molecule has 39 heavy (non-hydrogen) atoms. The van der Waals surface area contributed by atoms with E-state index in [9.17, 15) is 31.5 Å². The largest absolute Gasteiger partial charge is 0.507 e. The summed E-state index contributed by atoms with van der Waals surface area (Å²) in [6.07, 6.45) is -5.60. The number of aromatic nitrogens is 4. The zero-order valence-corrected chi connectivity index (χ0v) is 20.9. The SMILES string of the molecule is CC1(C)O[C@@H]2[C@H](O1)[C@@H](COS(=O)(=O)NC(=O)c1ccc(C(F)(F)F)cc1O)O[C@H]2n1cnc2c(N)ncnc21. The lowest BCUT2D eigenvalue weighted by molar-refractivity contribution is -0.198. The number of halogens is 3. The highest BCUT2D eigenvalue weighted by Gasteiger charge is 2.56. The van der Waals surface area contributed by atoms with Crippen molar-refractivity contribution in [2.24, 2.45) is 0 Å². The number of hydrogen-bond donors (Lipinski definition) is 3. The summed E-state index contributed by atoms with van der Waals surface area (Å²) in [6.45, 7) is 2.67. The molecule has 18 heteroatoms. The number of nitrogens with zero attached hydrogens (tertiary/aromatic N) is 4. The highest BCUT2D eigenvalue weighted by molar-refractivity contribution is 7.85. The molecule has 0 unspecified atom stereocenters. The molecule has 210 valence electrons. The van der Waals surface area contributed by atoms with Crippen LogP contribution in [0.5, 0.6) is 5.75 Å². The first-order valence-electron chi connectivity index (χ1n) is 11.2. The van der Waals surface area contributed by atoms with E-state index in [1.54, 1.807) is 13.8 Å². The number of benzene rings is 1. The number of nitrogens with one attached hydrogen (secondary N) is 1. The number of rotatable bonds is 6. The van der Waals surface area contributed by atoms with Crippen LogP contribution in [-0.2, 0) is 34.9 Å². The predicted molar refractivity (Wildman–Crippen MR) is 123 cm³/mol. The van der Waals surface area contributed by atoms with Gasteiger partial charge in [0, 0.05) is 0 Å². The van der Waals surface area contributed by atoms with Gasteiger partial charge in [0.15, 0.2) is 23.5 Å². The van der Waals surface area contributed by atoms with Crippen molar-refractivity contribution < 1.29 is 49.9 Å². The minimum absolute atomic E-state index is 0.137. The first-order chi connectivity index (χ1) is 18.2. The van der Waals surface area contributed by atoms with Gasteiger partial charge < -0.3 is 25.1 Å². The van der Waals surface area contributed by atoms with Crippen LogP contribution in [0.15, 0.2) is 30.9 Å². The zero-order valence-electron chi connectivity index (χ0n) is 20.1. The van der Waals surface area contributed by atoms with Gasteiger partial charge in [0.2, 0.25) is 0 Å². The molecule has 3 aromatic rings. The zero-order chi connectivity index (χ0) is 28.3. The first kappa shape index (κ1) is 27.0. The summed E-state index contributed by atoms with van der Waals surface area (Å²) in [6, 6.07) is 1.45. The van der Waals surface area contributed by atoms with E-state index in [0.29, 0.717) is 29.4 Å². The fraction of sp³-hybridized carbons (Fsp3) is 0.429. The van der Waals surface area contributed by atoms with E-state index < -0.39 is 76.2 Å². The molecule has 0 bridgehead atoms. The lowest BCUT2D eigenvalue weighted by Gasteiger charge is -2.24. The van der Waals surface area contributed by atoms with Crippen molar-refractivity contribution >= 4 is 33.2 Å². The summed E-state index contributed by atoms with van der Waals surface area (Å²) in [5, 5.41) is 9.82. The van der Waals surface area contributed by atoms with Crippen molar-refractivity contribution in [1.29, 1.82) is 0 Å². The molecule has 1 amide bonds. The van der Waals surface area contributed by atoms with E-state index in [4.69, 9.17) is 24.1 Å². The number of imidazole rings is 1. The molecule has 4 N–H and O–H groups in total. The van der Waals surface area contributed by atoms with Crippen molar-refractivity contribution in [1.82, 2.24) is 24.2 Å². The number of nitrogens with two attached hydrogens (primary N) is 1. The molecule has 0 saturated carbocycles. The lowest BCUT2D eigenvalue weighted by Crippen LogP contribution is -2.37. The van der Waals surface area contributed by atoms with Crippen LogP contribution >= 0.6 is 0 Å². The topological polar surface area (TPSA) is 190 Å². The van der Waals surface area contributed by atoms with Crippen LogP contribution in [0.2, 0.25) is 0 Å². The number of phenols is 1. The Morgan fingerprint density at radius 3 is 2.64 bits per heavy atom. The maximum atomic E-state index is 12.8. The number of alkyl halides is 3. The summed E-state index contributed by atoms with van der Waals surface area (Å²) >= 11 is 0. The third-order valence-electron chi connectivity index (χ3n) is 5.96. The van der Waals surface area contributed by atoms with E-state index in [2.05, 4.69) is 15.0 Å². The highest BCUT2D eigenvalue weighted by atomic mass is 32.2. The standard InChI is InChI=1S/C21H21F3N6O8S/c1-20(2)37-14-12(36-19(15(14)38-20)30-8-28-13-16(25)26-7-27-17(13)30)6-35-39(33,34)29-18(32)10-4-3-9(5-11(10)31)21(22,23)24/h3-5,7-8,12,14-15,19,31H,6H2,1-2H3,(H,29,32)(H2,25,26,27)/t12-,14-,15-,19-/m1/s1. The molecular weight excluding hydrogens is 553 g/mol. The Hall–Kier alpha value is -3.58. The number of aromatic hydroxyl groups is 1. The molecule has 2 saturated heterocycles. The van der Waals surface area contributed by atoms with Crippen LogP contribution in [0, 0.1) is 0 Å². The smallest absolute Gasteiger partial charge is 0.416 e. The maximum Gasteiger partial charge on any atom is 0.416 e. The highest BCUT2D eigenvalue weighted by Crippen LogP contribution is 2.44. The van der Waals surface area contributed by atoms with Crippen molar-refractivity contribution in [3.8, 4) is 5.75 Å². The molecule has 1 aromatic carbocycles. The van der Waals surface area contributed by atoms with Crippen LogP contribution in [0.1, 0.15) is 36.0 Å². The summed E-state index contributed by atoms with van der Waals surface area (Å²) in [5.74, 6) is -3.41. The monoisotopic (exact) mass is 574 g/mol. The van der Waals surface area contributed by atoms with Gasteiger partial charge in [-0.25, -0.2) is 19.7 Å².